The van der Waals surface area contributed by atoms with Gasteiger partial charge in [0.2, 0.25) is 0 Å². The number of aliphatic hydroxyl groups is 1. The van der Waals surface area contributed by atoms with Gasteiger partial charge in [0.05, 0.1) is 0 Å². The molecule has 0 aliphatic rings. The Morgan fingerprint density at radius 3 is 1.78 bits per heavy atom. The molecule has 0 radical (unpaired) electrons. The van der Waals surface area contributed by atoms with Gasteiger partial charge in [-0.15, -0.1) is 0 Å². The molecule has 0 spiro atoms. The lowest BCUT2D eigenvalue weighted by Crippen LogP contribution is -2.56. The van der Waals surface area contributed by atoms with Gasteiger partial charge in [0, 0.05) is 6.42 Å². The van der Waals surface area contributed by atoms with Crippen LogP contribution in [-0.2, 0) is 0 Å². The van der Waals surface area contributed by atoms with Gasteiger partial charge in [-0.05, 0) is 12.8 Å². The molecule has 0 aromatic carbocycles. The van der Waals surface area contributed by atoms with Crippen LogP contribution in [0, 0.1) is 0 Å². The molecule has 0 saturated carbocycles. The van der Waals surface area contributed by atoms with Gasteiger partial charge >= 0.3 is 12.4 Å². The normalized spacial score (nSPS) is 14.4. The quantitative estimate of drug-likeness (QED) is 0.434. The zero-order valence-electron chi connectivity index (χ0n) is 9.91. The lowest BCUT2D eigenvalue weighted by Gasteiger charge is -2.31. The number of alkyl halides is 6. The average Bonchev–Trinajstić information content (AvgIpc) is 2.19. The second kappa shape index (κ2) is 6.45. The number of allylic oxidation sites excluding steroid dienone is 1. The average molecular weight is 278 g/mol. The molecule has 0 bridgehead atoms. The van der Waals surface area contributed by atoms with Gasteiger partial charge < -0.3 is 5.11 Å². The fraction of sp³-hybridized carbons (Fsp3) is 0.818. The Hall–Kier alpha value is -0.720. The summed E-state index contributed by atoms with van der Waals surface area (Å²) in [4.78, 5) is 0. The van der Waals surface area contributed by atoms with Crippen molar-refractivity contribution in [2.24, 2.45) is 0 Å². The monoisotopic (exact) mass is 278 g/mol. The summed E-state index contributed by atoms with van der Waals surface area (Å²) >= 11 is 0. The van der Waals surface area contributed by atoms with Crippen LogP contribution in [0.1, 0.15) is 39.0 Å². The maximum Gasteiger partial charge on any atom is 0.426 e. The van der Waals surface area contributed by atoms with E-state index in [0.717, 1.165) is 18.9 Å². The van der Waals surface area contributed by atoms with Crippen molar-refractivity contribution in [3.05, 3.63) is 12.2 Å². The van der Waals surface area contributed by atoms with Crippen LogP contribution in [0.4, 0.5) is 26.3 Å². The van der Waals surface area contributed by atoms with E-state index in [-0.39, 0.29) is 0 Å². The van der Waals surface area contributed by atoms with Crippen LogP contribution < -0.4 is 0 Å². The standard InChI is InChI=1S/C11H16F6O/c1-2-3-4-5-6-7-8-9(18,10(12,13)14)11(15,16)17/h6-7,18H,2-5,8H2,1H3/b7-6+. The van der Waals surface area contributed by atoms with Gasteiger partial charge in [-0.3, -0.25) is 0 Å². The van der Waals surface area contributed by atoms with Crippen molar-refractivity contribution < 1.29 is 31.4 Å². The fourth-order valence-corrected chi connectivity index (χ4v) is 1.28. The molecule has 0 rings (SSSR count). The summed E-state index contributed by atoms with van der Waals surface area (Å²) in [5, 5.41) is 8.79. The van der Waals surface area contributed by atoms with Crippen LogP contribution in [0.5, 0.6) is 0 Å². The summed E-state index contributed by atoms with van der Waals surface area (Å²) in [6, 6.07) is 0. The van der Waals surface area contributed by atoms with Crippen molar-refractivity contribution in [1.29, 1.82) is 0 Å². The Morgan fingerprint density at radius 2 is 1.39 bits per heavy atom. The highest BCUT2D eigenvalue weighted by Gasteiger charge is 2.69. The van der Waals surface area contributed by atoms with Crippen molar-refractivity contribution in [3.63, 3.8) is 0 Å². The minimum Gasteiger partial charge on any atom is -0.373 e. The molecule has 7 heteroatoms. The minimum absolute atomic E-state index is 0.402. The molecule has 18 heavy (non-hydrogen) atoms. The molecule has 0 fully saturated rings. The molecule has 1 N–H and O–H groups in total. The predicted octanol–water partition coefficient (Wildman–Crippen LogP) is 4.37. The van der Waals surface area contributed by atoms with Crippen LogP contribution in [-0.4, -0.2) is 23.1 Å². The molecule has 0 aromatic rings. The topological polar surface area (TPSA) is 20.2 Å². The Labute approximate surface area is 101 Å². The molecule has 0 aliphatic carbocycles. The van der Waals surface area contributed by atoms with E-state index in [4.69, 9.17) is 5.11 Å². The smallest absolute Gasteiger partial charge is 0.373 e. The predicted molar refractivity (Wildman–Crippen MR) is 55.0 cm³/mol. The molecule has 1 nitrogen and oxygen atoms in total. The summed E-state index contributed by atoms with van der Waals surface area (Å²) in [5.74, 6) is 0. The summed E-state index contributed by atoms with van der Waals surface area (Å²) in [7, 11) is 0. The molecular weight excluding hydrogens is 262 g/mol. The van der Waals surface area contributed by atoms with Crippen LogP contribution in [0.2, 0.25) is 0 Å². The lowest BCUT2D eigenvalue weighted by atomic mass is 9.97. The molecule has 0 atom stereocenters. The molecule has 108 valence electrons. The number of unbranched alkanes of at least 4 members (excludes halogenated alkanes) is 3. The Kier molecular flexibility index (Phi) is 6.19. The van der Waals surface area contributed by atoms with E-state index in [1.165, 1.54) is 6.08 Å². The van der Waals surface area contributed by atoms with Gasteiger partial charge in [-0.1, -0.05) is 31.9 Å². The first-order chi connectivity index (χ1) is 8.06. The van der Waals surface area contributed by atoms with Crippen molar-refractivity contribution >= 4 is 0 Å². The van der Waals surface area contributed by atoms with Gasteiger partial charge in [0.15, 0.2) is 0 Å². The highest BCUT2D eigenvalue weighted by atomic mass is 19.4. The second-order valence-electron chi connectivity index (χ2n) is 4.03. The van der Waals surface area contributed by atoms with Crippen LogP contribution in [0.3, 0.4) is 0 Å². The molecule has 0 amide bonds. The van der Waals surface area contributed by atoms with E-state index in [1.807, 2.05) is 6.92 Å². The molecule has 0 aliphatic heterocycles. The van der Waals surface area contributed by atoms with E-state index in [1.54, 1.807) is 0 Å². The number of hydrogen-bond donors (Lipinski definition) is 1. The van der Waals surface area contributed by atoms with Gasteiger partial charge in [0.25, 0.3) is 5.60 Å². The zero-order valence-corrected chi connectivity index (χ0v) is 9.91. The van der Waals surface area contributed by atoms with E-state index in [2.05, 4.69) is 0 Å². The number of hydrogen-bond acceptors (Lipinski definition) is 1. The van der Waals surface area contributed by atoms with Gasteiger partial charge in [-0.25, -0.2) is 0 Å². The van der Waals surface area contributed by atoms with Crippen molar-refractivity contribution in [3.8, 4) is 0 Å². The van der Waals surface area contributed by atoms with E-state index < -0.39 is 24.4 Å². The maximum atomic E-state index is 12.2. The summed E-state index contributed by atoms with van der Waals surface area (Å²) in [6.07, 6.45) is -8.15. The third-order valence-corrected chi connectivity index (χ3v) is 2.49. The first-order valence-electron chi connectivity index (χ1n) is 5.57. The molecule has 0 saturated heterocycles. The van der Waals surface area contributed by atoms with E-state index >= 15 is 0 Å². The van der Waals surface area contributed by atoms with Crippen molar-refractivity contribution in [2.75, 3.05) is 0 Å². The first kappa shape index (κ1) is 17.3. The maximum absolute atomic E-state index is 12.2. The lowest BCUT2D eigenvalue weighted by molar-refractivity contribution is -0.366. The molecule has 0 heterocycles. The van der Waals surface area contributed by atoms with E-state index in [0.29, 0.717) is 12.8 Å². The Balaban J connectivity index is 4.56. The summed E-state index contributed by atoms with van der Waals surface area (Å²) in [5.41, 5.74) is -4.67. The van der Waals surface area contributed by atoms with Crippen LogP contribution in [0.25, 0.3) is 0 Å². The molecular formula is C11H16F6O. The second-order valence-corrected chi connectivity index (χ2v) is 4.03. The van der Waals surface area contributed by atoms with E-state index in [9.17, 15) is 26.3 Å². The highest BCUT2D eigenvalue weighted by Crippen LogP contribution is 2.45. The number of rotatable bonds is 6. The molecule has 0 aromatic heterocycles. The Bertz CT molecular complexity index is 252. The Morgan fingerprint density at radius 1 is 0.889 bits per heavy atom. The third kappa shape index (κ3) is 4.51. The SMILES string of the molecule is CCCCC/C=C/CC(O)(C(F)(F)F)C(F)(F)F. The zero-order chi connectivity index (χ0) is 14.4. The largest absolute Gasteiger partial charge is 0.426 e. The van der Waals surface area contributed by atoms with Crippen molar-refractivity contribution in [1.82, 2.24) is 0 Å². The van der Waals surface area contributed by atoms with Crippen LogP contribution in [0.15, 0.2) is 12.2 Å². The fourth-order valence-electron chi connectivity index (χ4n) is 1.28. The number of halogens is 6. The minimum atomic E-state index is -5.74. The van der Waals surface area contributed by atoms with Crippen molar-refractivity contribution in [2.45, 2.75) is 57.0 Å². The van der Waals surface area contributed by atoms with Gasteiger partial charge in [0.1, 0.15) is 0 Å². The first-order valence-corrected chi connectivity index (χ1v) is 5.57. The van der Waals surface area contributed by atoms with Crippen LogP contribution >= 0.6 is 0 Å². The third-order valence-electron chi connectivity index (χ3n) is 2.49. The molecule has 0 unspecified atom stereocenters. The highest BCUT2D eigenvalue weighted by molar-refractivity contribution is 5.00. The summed E-state index contributed by atoms with van der Waals surface area (Å²) in [6.45, 7) is 1.93. The summed E-state index contributed by atoms with van der Waals surface area (Å²) < 4.78 is 73.4. The van der Waals surface area contributed by atoms with Gasteiger partial charge in [-0.2, -0.15) is 26.3 Å².